The summed E-state index contributed by atoms with van der Waals surface area (Å²) in [5, 5.41) is 31.7. The van der Waals surface area contributed by atoms with Crippen LogP contribution < -0.4 is 5.32 Å². The molecular weight excluding hydrogens is 399 g/mol. The molecule has 4 N–H and O–H groups in total. The van der Waals surface area contributed by atoms with Gasteiger partial charge in [-0.3, -0.25) is 14.7 Å². The Hall–Kier alpha value is -3.17. The fourth-order valence-corrected chi connectivity index (χ4v) is 3.44. The minimum Gasteiger partial charge on any atom is -0.394 e. The van der Waals surface area contributed by atoms with Crippen molar-refractivity contribution >= 4 is 5.65 Å². The van der Waals surface area contributed by atoms with Crippen molar-refractivity contribution in [2.24, 2.45) is 0 Å². The molecule has 3 heterocycles. The van der Waals surface area contributed by atoms with Crippen molar-refractivity contribution in [3.63, 3.8) is 0 Å². The molecule has 4 aromatic rings. The molecule has 2 unspecified atom stereocenters. The highest BCUT2D eigenvalue weighted by Gasteiger charge is 2.16. The van der Waals surface area contributed by atoms with Crippen LogP contribution in [0.5, 0.6) is 0 Å². The lowest BCUT2D eigenvalue weighted by molar-refractivity contribution is 0.0653. The maximum absolute atomic E-state index is 13.7. The molecule has 0 saturated carbocycles. The number of hydrogen-bond acceptors (Lipinski definition) is 6. The van der Waals surface area contributed by atoms with Gasteiger partial charge in [0.15, 0.2) is 0 Å². The van der Waals surface area contributed by atoms with Crippen LogP contribution in [0.3, 0.4) is 0 Å². The predicted octanol–water partition coefficient (Wildman–Crippen LogP) is 2.44. The number of aliphatic hydroxyl groups excluding tert-OH is 3. The number of halogens is 1. The summed E-state index contributed by atoms with van der Waals surface area (Å²) in [6.07, 6.45) is 3.04. The molecule has 2 atom stereocenters. The number of fused-ring (bicyclic) bond motifs is 1. The number of nitrogens with zero attached hydrogens (tertiary/aromatic N) is 3. The number of aromatic nitrogens is 3. The molecule has 8 heteroatoms. The van der Waals surface area contributed by atoms with Crippen molar-refractivity contribution < 1.29 is 19.7 Å². The highest BCUT2D eigenvalue weighted by molar-refractivity contribution is 5.81. The average molecular weight is 422 g/mol. The van der Waals surface area contributed by atoms with Gasteiger partial charge in [0.25, 0.3) is 0 Å². The lowest BCUT2D eigenvalue weighted by Crippen LogP contribution is -2.32. The van der Waals surface area contributed by atoms with Crippen LogP contribution in [0, 0.1) is 12.7 Å². The second-order valence-electron chi connectivity index (χ2n) is 7.34. The van der Waals surface area contributed by atoms with E-state index in [9.17, 15) is 14.6 Å². The van der Waals surface area contributed by atoms with Crippen molar-refractivity contribution in [3.8, 4) is 22.4 Å². The van der Waals surface area contributed by atoms with Gasteiger partial charge in [0.1, 0.15) is 17.7 Å². The Morgan fingerprint density at radius 1 is 1.10 bits per heavy atom. The van der Waals surface area contributed by atoms with Crippen LogP contribution in [0.1, 0.15) is 17.5 Å². The lowest BCUT2D eigenvalue weighted by atomic mass is 9.99. The van der Waals surface area contributed by atoms with Crippen LogP contribution in [-0.2, 0) is 0 Å². The first-order chi connectivity index (χ1) is 15.0. The molecule has 0 radical (unpaired) electrons. The van der Waals surface area contributed by atoms with E-state index in [4.69, 9.17) is 5.11 Å². The first kappa shape index (κ1) is 21.1. The van der Waals surface area contributed by atoms with E-state index in [1.54, 1.807) is 35.9 Å². The van der Waals surface area contributed by atoms with E-state index in [-0.39, 0.29) is 12.4 Å². The van der Waals surface area contributed by atoms with E-state index >= 15 is 0 Å². The average Bonchev–Trinajstić information content (AvgIpc) is 3.22. The van der Waals surface area contributed by atoms with Gasteiger partial charge in [-0.05, 0) is 48.9 Å². The standard InChI is InChI=1S/C23H23FN4O3/c1-14-9-15(4-6-19(14)24)22-18(3-2-8-25-22)16-5-7-21-26-11-20(28(21)12-16)23(31)27-10-17(30)13-29/h2-9,11-12,17,23,27,29-31H,10,13H2,1H3. The molecular formula is C23H23FN4O3. The summed E-state index contributed by atoms with van der Waals surface area (Å²) in [5.74, 6) is -0.265. The van der Waals surface area contributed by atoms with Gasteiger partial charge in [-0.25, -0.2) is 9.37 Å². The van der Waals surface area contributed by atoms with Crippen LogP contribution in [0.25, 0.3) is 28.0 Å². The molecule has 160 valence electrons. The minimum atomic E-state index is -1.08. The highest BCUT2D eigenvalue weighted by atomic mass is 19.1. The number of pyridine rings is 2. The van der Waals surface area contributed by atoms with Gasteiger partial charge < -0.3 is 15.3 Å². The van der Waals surface area contributed by atoms with E-state index in [0.29, 0.717) is 16.9 Å². The molecule has 3 aromatic heterocycles. The van der Waals surface area contributed by atoms with E-state index in [2.05, 4.69) is 15.3 Å². The highest BCUT2D eigenvalue weighted by Crippen LogP contribution is 2.31. The Labute approximate surface area is 178 Å². The zero-order valence-corrected chi connectivity index (χ0v) is 16.9. The van der Waals surface area contributed by atoms with Gasteiger partial charge in [-0.1, -0.05) is 6.07 Å². The van der Waals surface area contributed by atoms with E-state index in [0.717, 1.165) is 22.4 Å². The summed E-state index contributed by atoms with van der Waals surface area (Å²) in [4.78, 5) is 8.84. The summed E-state index contributed by atoms with van der Waals surface area (Å²) < 4.78 is 15.5. The Bertz CT molecular complexity index is 1210. The molecule has 0 aliphatic carbocycles. The fourth-order valence-electron chi connectivity index (χ4n) is 3.44. The molecule has 0 fully saturated rings. The molecule has 0 aliphatic heterocycles. The van der Waals surface area contributed by atoms with Gasteiger partial charge >= 0.3 is 0 Å². The van der Waals surface area contributed by atoms with Gasteiger partial charge in [-0.2, -0.15) is 0 Å². The molecule has 31 heavy (non-hydrogen) atoms. The van der Waals surface area contributed by atoms with E-state index < -0.39 is 18.9 Å². The normalized spacial score (nSPS) is 13.5. The summed E-state index contributed by atoms with van der Waals surface area (Å²) in [7, 11) is 0. The molecule has 7 nitrogen and oxygen atoms in total. The van der Waals surface area contributed by atoms with Crippen LogP contribution in [-0.4, -0.2) is 48.9 Å². The Morgan fingerprint density at radius 2 is 1.90 bits per heavy atom. The van der Waals surface area contributed by atoms with Crippen LogP contribution in [0.2, 0.25) is 0 Å². The second-order valence-corrected chi connectivity index (χ2v) is 7.34. The summed E-state index contributed by atoms with van der Waals surface area (Å²) in [5.41, 5.74) is 4.90. The van der Waals surface area contributed by atoms with Gasteiger partial charge in [-0.15, -0.1) is 0 Å². The van der Waals surface area contributed by atoms with Crippen LogP contribution in [0.15, 0.2) is 61.1 Å². The molecule has 0 bridgehead atoms. The topological polar surface area (TPSA) is 103 Å². The van der Waals surface area contributed by atoms with Crippen molar-refractivity contribution in [1.29, 1.82) is 0 Å². The number of nitrogens with one attached hydrogen (secondary N) is 1. The molecule has 0 spiro atoms. The second kappa shape index (κ2) is 8.91. The van der Waals surface area contributed by atoms with Crippen molar-refractivity contribution in [2.75, 3.05) is 13.2 Å². The maximum Gasteiger partial charge on any atom is 0.148 e. The number of rotatable bonds is 7. The molecule has 0 amide bonds. The third kappa shape index (κ3) is 4.33. The zero-order valence-electron chi connectivity index (χ0n) is 16.9. The molecule has 0 aliphatic rings. The van der Waals surface area contributed by atoms with E-state index in [1.165, 1.54) is 6.07 Å². The molecule has 1 aromatic carbocycles. The number of imidazole rings is 1. The van der Waals surface area contributed by atoms with Gasteiger partial charge in [0, 0.05) is 35.6 Å². The van der Waals surface area contributed by atoms with Crippen molar-refractivity contribution in [1.82, 2.24) is 19.7 Å². The smallest absolute Gasteiger partial charge is 0.148 e. The Morgan fingerprint density at radius 3 is 2.68 bits per heavy atom. The largest absolute Gasteiger partial charge is 0.394 e. The maximum atomic E-state index is 13.7. The summed E-state index contributed by atoms with van der Waals surface area (Å²) in [6.45, 7) is 1.35. The first-order valence-corrected chi connectivity index (χ1v) is 9.87. The number of aryl methyl sites for hydroxylation is 1. The predicted molar refractivity (Wildman–Crippen MR) is 115 cm³/mol. The monoisotopic (exact) mass is 422 g/mol. The summed E-state index contributed by atoms with van der Waals surface area (Å²) >= 11 is 0. The molecule has 0 saturated heterocycles. The minimum absolute atomic E-state index is 0.0290. The van der Waals surface area contributed by atoms with E-state index in [1.807, 2.05) is 30.5 Å². The SMILES string of the molecule is Cc1cc(-c2ncccc2-c2ccc3ncc(C(O)NCC(O)CO)n3c2)ccc1F. The van der Waals surface area contributed by atoms with Crippen LogP contribution in [0.4, 0.5) is 4.39 Å². The number of benzene rings is 1. The Kier molecular flexibility index (Phi) is 6.06. The zero-order chi connectivity index (χ0) is 22.0. The number of hydrogen-bond donors (Lipinski definition) is 4. The third-order valence-electron chi connectivity index (χ3n) is 5.12. The van der Waals surface area contributed by atoms with Gasteiger partial charge in [0.2, 0.25) is 0 Å². The van der Waals surface area contributed by atoms with Crippen LogP contribution >= 0.6 is 0 Å². The summed E-state index contributed by atoms with van der Waals surface area (Å²) in [6, 6.07) is 12.4. The van der Waals surface area contributed by atoms with Gasteiger partial charge in [0.05, 0.1) is 30.3 Å². The van der Waals surface area contributed by atoms with Crippen molar-refractivity contribution in [3.05, 3.63) is 78.1 Å². The quantitative estimate of drug-likeness (QED) is 0.341. The first-order valence-electron chi connectivity index (χ1n) is 9.87. The lowest BCUT2D eigenvalue weighted by Gasteiger charge is -2.15. The fraction of sp³-hybridized carbons (Fsp3) is 0.217. The number of aliphatic hydroxyl groups is 3. The molecule has 4 rings (SSSR count). The van der Waals surface area contributed by atoms with Crippen molar-refractivity contribution in [2.45, 2.75) is 19.3 Å². The Balaban J connectivity index is 1.73. The third-order valence-corrected chi connectivity index (χ3v) is 5.12.